The fourth-order valence-electron chi connectivity index (χ4n) is 4.17. The molecular formula is C22H25F3N4O. The van der Waals surface area contributed by atoms with E-state index in [4.69, 9.17) is 0 Å². The van der Waals surface area contributed by atoms with Crippen LogP contribution in [0.1, 0.15) is 29.8 Å². The summed E-state index contributed by atoms with van der Waals surface area (Å²) in [6.45, 7) is 7.11. The first-order chi connectivity index (χ1) is 14.1. The molecule has 1 fully saturated rings. The van der Waals surface area contributed by atoms with Gasteiger partial charge in [0.05, 0.1) is 22.5 Å². The summed E-state index contributed by atoms with van der Waals surface area (Å²) >= 11 is 0. The molecule has 1 N–H and O–H groups in total. The average molecular weight is 418 g/mol. The smallest absolute Gasteiger partial charge is 0.368 e. The van der Waals surface area contributed by atoms with Crippen molar-refractivity contribution in [3.8, 4) is 0 Å². The van der Waals surface area contributed by atoms with Gasteiger partial charge in [0.1, 0.15) is 5.66 Å². The topological polar surface area (TPSA) is 38.8 Å². The third kappa shape index (κ3) is 3.60. The number of nitrogens with zero attached hydrogens (tertiary/aromatic N) is 3. The lowest BCUT2D eigenvalue weighted by atomic mass is 9.98. The molecule has 2 aliphatic heterocycles. The molecule has 8 heteroatoms. The molecule has 0 bridgehead atoms. The van der Waals surface area contributed by atoms with E-state index in [9.17, 15) is 18.0 Å². The molecule has 0 unspecified atom stereocenters. The highest BCUT2D eigenvalue weighted by atomic mass is 19.4. The summed E-state index contributed by atoms with van der Waals surface area (Å²) in [5.41, 5.74) is 1.03. The minimum Gasteiger partial charge on any atom is -0.368 e. The van der Waals surface area contributed by atoms with E-state index in [1.165, 1.54) is 17.0 Å². The molecule has 160 valence electrons. The SMILES string of the molecule is CN1CCN(c2cccc3c2C(=O)N(c2ccc(C(F)(F)F)cc2)C(C)(C)N3)CC1. The van der Waals surface area contributed by atoms with Crippen LogP contribution in [0.2, 0.25) is 0 Å². The zero-order chi connectivity index (χ0) is 21.7. The number of hydrogen-bond donors (Lipinski definition) is 1. The van der Waals surface area contributed by atoms with Crippen LogP contribution < -0.4 is 15.1 Å². The van der Waals surface area contributed by atoms with Crippen molar-refractivity contribution in [1.82, 2.24) is 4.90 Å². The van der Waals surface area contributed by atoms with Crippen LogP contribution >= 0.6 is 0 Å². The lowest BCUT2D eigenvalue weighted by Crippen LogP contribution is -2.57. The number of piperazine rings is 1. The van der Waals surface area contributed by atoms with Gasteiger partial charge >= 0.3 is 6.18 Å². The second-order valence-corrected chi connectivity index (χ2v) is 8.36. The highest BCUT2D eigenvalue weighted by Gasteiger charge is 2.41. The number of carbonyl (C=O) groups excluding carboxylic acids is 1. The minimum absolute atomic E-state index is 0.219. The summed E-state index contributed by atoms with van der Waals surface area (Å²) in [6.07, 6.45) is -4.42. The van der Waals surface area contributed by atoms with Crippen LogP contribution in [0.3, 0.4) is 0 Å². The van der Waals surface area contributed by atoms with E-state index in [0.29, 0.717) is 11.3 Å². The van der Waals surface area contributed by atoms with Gasteiger partial charge in [0.25, 0.3) is 5.91 Å². The number of alkyl halides is 3. The average Bonchev–Trinajstić information content (AvgIpc) is 2.67. The van der Waals surface area contributed by atoms with Crippen LogP contribution in [0.25, 0.3) is 0 Å². The Balaban J connectivity index is 1.74. The zero-order valence-corrected chi connectivity index (χ0v) is 17.3. The second kappa shape index (κ2) is 7.19. The Labute approximate surface area is 174 Å². The number of carbonyl (C=O) groups is 1. The third-order valence-electron chi connectivity index (χ3n) is 5.76. The van der Waals surface area contributed by atoms with Crippen LogP contribution in [0.5, 0.6) is 0 Å². The van der Waals surface area contributed by atoms with Gasteiger partial charge in [0, 0.05) is 31.9 Å². The van der Waals surface area contributed by atoms with Crippen LogP contribution in [0.4, 0.5) is 30.2 Å². The summed E-state index contributed by atoms with van der Waals surface area (Å²) in [5, 5.41) is 3.39. The molecule has 30 heavy (non-hydrogen) atoms. The fourth-order valence-corrected chi connectivity index (χ4v) is 4.17. The normalized spacial score (nSPS) is 19.5. The first kappa shape index (κ1) is 20.5. The van der Waals surface area contributed by atoms with Gasteiger partial charge < -0.3 is 15.1 Å². The summed E-state index contributed by atoms with van der Waals surface area (Å²) in [4.78, 5) is 19.6. The highest BCUT2D eigenvalue weighted by molar-refractivity contribution is 6.16. The van der Waals surface area contributed by atoms with Gasteiger partial charge in [0.2, 0.25) is 0 Å². The number of nitrogens with one attached hydrogen (secondary N) is 1. The third-order valence-corrected chi connectivity index (χ3v) is 5.76. The Morgan fingerprint density at radius 3 is 2.20 bits per heavy atom. The van der Waals surface area contributed by atoms with Crippen molar-refractivity contribution < 1.29 is 18.0 Å². The second-order valence-electron chi connectivity index (χ2n) is 8.36. The zero-order valence-electron chi connectivity index (χ0n) is 17.3. The van der Waals surface area contributed by atoms with Crippen LogP contribution in [0, 0.1) is 0 Å². The highest BCUT2D eigenvalue weighted by Crippen LogP contribution is 2.40. The molecule has 5 nitrogen and oxygen atoms in total. The first-order valence-corrected chi connectivity index (χ1v) is 9.94. The summed E-state index contributed by atoms with van der Waals surface area (Å²) in [7, 11) is 2.07. The van der Waals surface area contributed by atoms with Crippen LogP contribution in [-0.2, 0) is 6.18 Å². The number of likely N-dealkylation sites (N-methyl/N-ethyl adjacent to an activating group) is 1. The first-order valence-electron chi connectivity index (χ1n) is 9.94. The van der Waals surface area contributed by atoms with Crippen molar-refractivity contribution in [3.63, 3.8) is 0 Å². The predicted octanol–water partition coefficient (Wildman–Crippen LogP) is 4.27. The van der Waals surface area contributed by atoms with E-state index >= 15 is 0 Å². The standard InChI is InChI=1S/C22H25F3N4O/c1-21(2)26-17-5-4-6-18(28-13-11-27(3)12-14-28)19(17)20(30)29(21)16-9-7-15(8-10-16)22(23,24)25/h4-10,26H,11-14H2,1-3H3. The van der Waals surface area contributed by atoms with Crippen molar-refractivity contribution in [2.45, 2.75) is 25.7 Å². The van der Waals surface area contributed by atoms with E-state index in [-0.39, 0.29) is 5.91 Å². The van der Waals surface area contributed by atoms with E-state index in [1.807, 2.05) is 32.0 Å². The van der Waals surface area contributed by atoms with Crippen molar-refractivity contribution >= 4 is 23.0 Å². The van der Waals surface area contributed by atoms with E-state index < -0.39 is 17.4 Å². The summed E-state index contributed by atoms with van der Waals surface area (Å²) < 4.78 is 38.9. The number of halogens is 3. The van der Waals surface area contributed by atoms with Gasteiger partial charge in [0.15, 0.2) is 0 Å². The van der Waals surface area contributed by atoms with E-state index in [1.54, 1.807) is 0 Å². The summed E-state index contributed by atoms with van der Waals surface area (Å²) in [5.74, 6) is -0.219. The van der Waals surface area contributed by atoms with Crippen molar-refractivity contribution in [2.24, 2.45) is 0 Å². The molecule has 1 amide bonds. The molecule has 2 heterocycles. The fraction of sp³-hybridized carbons (Fsp3) is 0.409. The quantitative estimate of drug-likeness (QED) is 0.791. The molecule has 4 rings (SSSR count). The Morgan fingerprint density at radius 1 is 0.967 bits per heavy atom. The maximum Gasteiger partial charge on any atom is 0.416 e. The molecule has 0 spiro atoms. The lowest BCUT2D eigenvalue weighted by molar-refractivity contribution is -0.137. The van der Waals surface area contributed by atoms with Crippen molar-refractivity contribution in [3.05, 3.63) is 53.6 Å². The largest absolute Gasteiger partial charge is 0.416 e. The molecule has 1 saturated heterocycles. The molecule has 0 aliphatic carbocycles. The minimum atomic E-state index is -4.42. The van der Waals surface area contributed by atoms with Gasteiger partial charge in [-0.15, -0.1) is 0 Å². The Hall–Kier alpha value is -2.74. The molecule has 0 atom stereocenters. The van der Waals surface area contributed by atoms with Gasteiger partial charge in [-0.25, -0.2) is 0 Å². The van der Waals surface area contributed by atoms with Gasteiger partial charge in [-0.1, -0.05) is 6.07 Å². The van der Waals surface area contributed by atoms with Gasteiger partial charge in [-0.3, -0.25) is 9.69 Å². The molecule has 2 aromatic carbocycles. The van der Waals surface area contributed by atoms with E-state index in [2.05, 4.69) is 22.2 Å². The molecule has 2 aromatic rings. The number of anilines is 3. The van der Waals surface area contributed by atoms with Gasteiger partial charge in [-0.2, -0.15) is 13.2 Å². The molecular weight excluding hydrogens is 393 g/mol. The maximum absolute atomic E-state index is 13.7. The lowest BCUT2D eigenvalue weighted by Gasteiger charge is -2.45. The van der Waals surface area contributed by atoms with Crippen molar-refractivity contribution in [1.29, 1.82) is 0 Å². The Bertz CT molecular complexity index is 948. The molecule has 2 aliphatic rings. The van der Waals surface area contributed by atoms with Gasteiger partial charge in [-0.05, 0) is 57.3 Å². The Morgan fingerprint density at radius 2 is 1.60 bits per heavy atom. The molecule has 0 radical (unpaired) electrons. The molecule has 0 saturated carbocycles. The molecule has 0 aromatic heterocycles. The van der Waals surface area contributed by atoms with Crippen molar-refractivity contribution in [2.75, 3.05) is 48.3 Å². The van der Waals surface area contributed by atoms with E-state index in [0.717, 1.165) is 49.7 Å². The summed E-state index contributed by atoms with van der Waals surface area (Å²) in [6, 6.07) is 10.5. The predicted molar refractivity (Wildman–Crippen MR) is 112 cm³/mol. The Kier molecular flexibility index (Phi) is 4.92. The number of fused-ring (bicyclic) bond motifs is 1. The monoisotopic (exact) mass is 418 g/mol. The number of rotatable bonds is 2. The number of benzene rings is 2. The maximum atomic E-state index is 13.7. The number of amides is 1. The van der Waals surface area contributed by atoms with Crippen LogP contribution in [-0.4, -0.2) is 49.7 Å². The van der Waals surface area contributed by atoms with Crippen LogP contribution in [0.15, 0.2) is 42.5 Å². The number of hydrogen-bond acceptors (Lipinski definition) is 4.